The van der Waals surface area contributed by atoms with Crippen molar-refractivity contribution in [3.8, 4) is 0 Å². The number of aromatic nitrogens is 2. The van der Waals surface area contributed by atoms with Gasteiger partial charge in [-0.25, -0.2) is 0 Å². The van der Waals surface area contributed by atoms with Crippen LogP contribution in [0, 0.1) is 5.92 Å². The molecule has 1 unspecified atom stereocenters. The minimum Gasteiger partial charge on any atom is -0.336 e. The van der Waals surface area contributed by atoms with E-state index in [9.17, 15) is 4.79 Å². The second-order valence-electron chi connectivity index (χ2n) is 8.77. The lowest BCUT2D eigenvalue weighted by atomic mass is 9.90. The number of rotatable bonds is 5. The normalized spacial score (nSPS) is 21.6. The van der Waals surface area contributed by atoms with Crippen molar-refractivity contribution in [2.75, 3.05) is 46.8 Å². The van der Waals surface area contributed by atoms with Crippen LogP contribution >= 0.6 is 0 Å². The quantitative estimate of drug-likeness (QED) is 0.791. The standard InChI is InChI=1S/C21H37N5O/c1-6-26-19-9-8-17(24(5)15-16(2)3)14-18(19)20(22-26)21(27)25-11-7-10-23(4)12-13-25/h16-17H,6-15H2,1-5H3. The maximum absolute atomic E-state index is 13.3. The Morgan fingerprint density at radius 3 is 2.74 bits per heavy atom. The molecule has 2 heterocycles. The summed E-state index contributed by atoms with van der Waals surface area (Å²) in [6.07, 6.45) is 4.18. The predicted molar refractivity (Wildman–Crippen MR) is 109 cm³/mol. The van der Waals surface area contributed by atoms with Gasteiger partial charge >= 0.3 is 0 Å². The molecule has 0 bridgehead atoms. The van der Waals surface area contributed by atoms with E-state index < -0.39 is 0 Å². The summed E-state index contributed by atoms with van der Waals surface area (Å²) in [6.45, 7) is 12.3. The Balaban J connectivity index is 1.82. The summed E-state index contributed by atoms with van der Waals surface area (Å²) >= 11 is 0. The van der Waals surface area contributed by atoms with Crippen molar-refractivity contribution in [2.24, 2.45) is 5.92 Å². The van der Waals surface area contributed by atoms with E-state index in [1.807, 2.05) is 4.90 Å². The van der Waals surface area contributed by atoms with Gasteiger partial charge in [-0.05, 0) is 59.2 Å². The van der Waals surface area contributed by atoms with Crippen molar-refractivity contribution < 1.29 is 4.79 Å². The molecule has 1 fully saturated rings. The van der Waals surface area contributed by atoms with Crippen LogP contribution in [0.15, 0.2) is 0 Å². The van der Waals surface area contributed by atoms with Gasteiger partial charge in [0.25, 0.3) is 5.91 Å². The first-order valence-electron chi connectivity index (χ1n) is 10.7. The predicted octanol–water partition coefficient (Wildman–Crippen LogP) is 2.13. The van der Waals surface area contributed by atoms with Gasteiger partial charge in [0.05, 0.1) is 0 Å². The van der Waals surface area contributed by atoms with E-state index in [1.54, 1.807) is 0 Å². The second kappa shape index (κ2) is 8.74. The molecular formula is C21H37N5O. The van der Waals surface area contributed by atoms with Crippen LogP contribution in [0.1, 0.15) is 55.4 Å². The Hall–Kier alpha value is -1.40. The van der Waals surface area contributed by atoms with Crippen molar-refractivity contribution in [3.05, 3.63) is 17.0 Å². The minimum absolute atomic E-state index is 0.140. The fourth-order valence-electron chi connectivity index (χ4n) is 4.60. The largest absolute Gasteiger partial charge is 0.336 e. The monoisotopic (exact) mass is 375 g/mol. The number of aryl methyl sites for hydroxylation is 1. The van der Waals surface area contributed by atoms with Crippen LogP contribution in [0.5, 0.6) is 0 Å². The molecule has 2 aliphatic rings. The zero-order valence-electron chi connectivity index (χ0n) is 17.9. The SMILES string of the molecule is CCn1nc(C(=O)N2CCCN(C)CC2)c2c1CCC(N(C)CC(C)C)C2. The van der Waals surface area contributed by atoms with Gasteiger partial charge in [-0.1, -0.05) is 13.8 Å². The van der Waals surface area contributed by atoms with Gasteiger partial charge < -0.3 is 14.7 Å². The molecule has 0 N–H and O–H groups in total. The molecule has 27 heavy (non-hydrogen) atoms. The third-order valence-electron chi connectivity index (χ3n) is 6.11. The summed E-state index contributed by atoms with van der Waals surface area (Å²) in [5.41, 5.74) is 3.23. The Morgan fingerprint density at radius 2 is 2.04 bits per heavy atom. The third kappa shape index (κ3) is 4.54. The molecule has 3 rings (SSSR count). The Morgan fingerprint density at radius 1 is 1.26 bits per heavy atom. The molecule has 0 aromatic carbocycles. The number of fused-ring (bicyclic) bond motifs is 1. The number of hydrogen-bond donors (Lipinski definition) is 0. The number of hydrogen-bond acceptors (Lipinski definition) is 4. The molecule has 6 nitrogen and oxygen atoms in total. The molecule has 1 aromatic heterocycles. The molecule has 0 radical (unpaired) electrons. The Bertz CT molecular complexity index is 653. The van der Waals surface area contributed by atoms with Crippen LogP contribution < -0.4 is 0 Å². The highest BCUT2D eigenvalue weighted by molar-refractivity contribution is 5.94. The molecule has 1 atom stereocenters. The molecule has 1 aliphatic heterocycles. The molecule has 0 spiro atoms. The number of amides is 1. The zero-order valence-corrected chi connectivity index (χ0v) is 17.9. The van der Waals surface area contributed by atoms with Crippen LogP contribution in [-0.4, -0.2) is 83.2 Å². The van der Waals surface area contributed by atoms with Crippen molar-refractivity contribution in [2.45, 2.75) is 59.0 Å². The van der Waals surface area contributed by atoms with E-state index in [-0.39, 0.29) is 5.91 Å². The van der Waals surface area contributed by atoms with Gasteiger partial charge in [-0.3, -0.25) is 9.48 Å². The van der Waals surface area contributed by atoms with Crippen molar-refractivity contribution in [1.29, 1.82) is 0 Å². The topological polar surface area (TPSA) is 44.6 Å². The number of likely N-dealkylation sites (N-methyl/N-ethyl adjacent to an activating group) is 2. The molecule has 6 heteroatoms. The lowest BCUT2D eigenvalue weighted by molar-refractivity contribution is 0.0754. The molecule has 1 saturated heterocycles. The summed E-state index contributed by atoms with van der Waals surface area (Å²) in [4.78, 5) is 20.1. The van der Waals surface area contributed by atoms with Gasteiger partial charge in [0.15, 0.2) is 5.69 Å². The summed E-state index contributed by atoms with van der Waals surface area (Å²) < 4.78 is 2.07. The van der Waals surface area contributed by atoms with Gasteiger partial charge in [0, 0.05) is 50.0 Å². The minimum atomic E-state index is 0.140. The first-order valence-corrected chi connectivity index (χ1v) is 10.7. The van der Waals surface area contributed by atoms with E-state index in [4.69, 9.17) is 5.10 Å². The number of nitrogens with zero attached hydrogens (tertiary/aromatic N) is 5. The summed E-state index contributed by atoms with van der Waals surface area (Å²) in [5, 5.41) is 4.78. The van der Waals surface area contributed by atoms with Crippen molar-refractivity contribution in [1.82, 2.24) is 24.5 Å². The first-order chi connectivity index (χ1) is 12.9. The van der Waals surface area contributed by atoms with E-state index in [0.29, 0.717) is 12.0 Å². The second-order valence-corrected chi connectivity index (χ2v) is 8.77. The van der Waals surface area contributed by atoms with E-state index in [1.165, 1.54) is 11.3 Å². The van der Waals surface area contributed by atoms with Crippen LogP contribution in [0.4, 0.5) is 0 Å². The molecule has 1 aliphatic carbocycles. The van der Waals surface area contributed by atoms with E-state index >= 15 is 0 Å². The van der Waals surface area contributed by atoms with Crippen LogP contribution in [0.25, 0.3) is 0 Å². The van der Waals surface area contributed by atoms with E-state index in [2.05, 4.69) is 49.3 Å². The van der Waals surface area contributed by atoms with Crippen molar-refractivity contribution in [3.63, 3.8) is 0 Å². The number of carbonyl (C=O) groups excluding carboxylic acids is 1. The van der Waals surface area contributed by atoms with Gasteiger partial charge in [-0.15, -0.1) is 0 Å². The highest BCUT2D eigenvalue weighted by atomic mass is 16.2. The summed E-state index contributed by atoms with van der Waals surface area (Å²) in [5.74, 6) is 0.797. The molecule has 0 saturated carbocycles. The van der Waals surface area contributed by atoms with Crippen molar-refractivity contribution >= 4 is 5.91 Å². The van der Waals surface area contributed by atoms with E-state index in [0.717, 1.165) is 70.6 Å². The fourth-order valence-corrected chi connectivity index (χ4v) is 4.60. The molecule has 1 aromatic rings. The smallest absolute Gasteiger partial charge is 0.274 e. The maximum Gasteiger partial charge on any atom is 0.274 e. The maximum atomic E-state index is 13.3. The van der Waals surface area contributed by atoms with Gasteiger partial charge in [0.2, 0.25) is 0 Å². The first kappa shape index (κ1) is 20.3. The number of carbonyl (C=O) groups is 1. The fraction of sp³-hybridized carbons (Fsp3) is 0.810. The van der Waals surface area contributed by atoms with Gasteiger partial charge in [-0.2, -0.15) is 5.10 Å². The summed E-state index contributed by atoms with van der Waals surface area (Å²) in [6, 6.07) is 0.510. The van der Waals surface area contributed by atoms with Gasteiger partial charge in [0.1, 0.15) is 0 Å². The zero-order chi connectivity index (χ0) is 19.6. The molecule has 152 valence electrons. The van der Waals surface area contributed by atoms with Crippen LogP contribution in [0.2, 0.25) is 0 Å². The molecular weight excluding hydrogens is 338 g/mol. The Kier molecular flexibility index (Phi) is 6.58. The van der Waals surface area contributed by atoms with Crippen LogP contribution in [0.3, 0.4) is 0 Å². The highest BCUT2D eigenvalue weighted by Crippen LogP contribution is 2.28. The average Bonchev–Trinajstić information content (AvgIpc) is 2.86. The lowest BCUT2D eigenvalue weighted by Crippen LogP contribution is -2.40. The molecule has 1 amide bonds. The highest BCUT2D eigenvalue weighted by Gasteiger charge is 2.32. The third-order valence-corrected chi connectivity index (χ3v) is 6.11. The lowest BCUT2D eigenvalue weighted by Gasteiger charge is -2.33. The summed E-state index contributed by atoms with van der Waals surface area (Å²) in [7, 11) is 4.36. The Labute approximate surface area is 164 Å². The van der Waals surface area contributed by atoms with Crippen LogP contribution in [-0.2, 0) is 19.4 Å². The average molecular weight is 376 g/mol.